The minimum absolute atomic E-state index is 0.0654. The average molecular weight is 213 g/mol. The number of phenolic OH excluding ortho intramolecular Hbond substituents is 2. The molecule has 3 N–H and O–H groups in total. The number of phenols is 2. The van der Waals surface area contributed by atoms with E-state index in [4.69, 9.17) is 5.11 Å². The molecule has 0 aliphatic carbocycles. The summed E-state index contributed by atoms with van der Waals surface area (Å²) in [5.74, 6) is 0.178. The van der Waals surface area contributed by atoms with Gasteiger partial charge in [-0.2, -0.15) is 0 Å². The van der Waals surface area contributed by atoms with Gasteiger partial charge < -0.3 is 15.5 Å². The summed E-state index contributed by atoms with van der Waals surface area (Å²) in [7, 11) is 1.71. The van der Waals surface area contributed by atoms with Crippen molar-refractivity contribution in [1.29, 1.82) is 0 Å². The number of benzene rings is 1. The molecule has 0 heterocycles. The molecule has 0 aliphatic rings. The van der Waals surface area contributed by atoms with Crippen LogP contribution >= 0.6 is 0 Å². The molecule has 3 nitrogen and oxygen atoms in total. The fourth-order valence-corrected chi connectivity index (χ4v) is 0.886. The van der Waals surface area contributed by atoms with Crippen LogP contribution in [0.4, 0.5) is 5.69 Å². The van der Waals surface area contributed by atoms with E-state index < -0.39 is 0 Å². The molecule has 0 atom stereocenters. The van der Waals surface area contributed by atoms with Crippen LogP contribution in [0.1, 0.15) is 33.3 Å². The molecule has 88 valence electrons. The first-order valence-corrected chi connectivity index (χ1v) is 5.35. The van der Waals surface area contributed by atoms with E-state index in [0.29, 0.717) is 5.69 Å². The van der Waals surface area contributed by atoms with Gasteiger partial charge in [0.2, 0.25) is 0 Å². The summed E-state index contributed by atoms with van der Waals surface area (Å²) < 4.78 is 0. The predicted octanol–water partition coefficient (Wildman–Crippen LogP) is 3.50. The maximum Gasteiger partial charge on any atom is 0.142 e. The largest absolute Gasteiger partial charge is 0.508 e. The molecule has 0 aliphatic heterocycles. The summed E-state index contributed by atoms with van der Waals surface area (Å²) in [5, 5.41) is 21.1. The summed E-state index contributed by atoms with van der Waals surface area (Å²) in [6.07, 6.45) is 0. The van der Waals surface area contributed by atoms with Gasteiger partial charge in [-0.05, 0) is 18.6 Å². The number of hydrogen-bond acceptors (Lipinski definition) is 3. The third kappa shape index (κ3) is 5.15. The van der Waals surface area contributed by atoms with Crippen molar-refractivity contribution >= 4 is 5.69 Å². The third-order valence-corrected chi connectivity index (χ3v) is 1.58. The average Bonchev–Trinajstić information content (AvgIpc) is 2.29. The number of aromatic hydroxyl groups is 2. The third-order valence-electron chi connectivity index (χ3n) is 1.58. The second-order valence-electron chi connectivity index (χ2n) is 2.41. The Labute approximate surface area is 92.8 Å². The highest BCUT2D eigenvalue weighted by Gasteiger charge is 2.02. The van der Waals surface area contributed by atoms with Gasteiger partial charge in [0.15, 0.2) is 0 Å². The Bertz CT molecular complexity index is 273. The number of aryl methyl sites for hydroxylation is 1. The molecular formula is C12H23NO2. The fourth-order valence-electron chi connectivity index (χ4n) is 0.886. The van der Waals surface area contributed by atoms with Crippen LogP contribution in [0.15, 0.2) is 12.1 Å². The summed E-state index contributed by atoms with van der Waals surface area (Å²) in [6, 6.07) is 3.01. The normalized spacial score (nSPS) is 7.87. The van der Waals surface area contributed by atoms with Crippen molar-refractivity contribution in [2.24, 2.45) is 0 Å². The Hall–Kier alpha value is -1.38. The van der Waals surface area contributed by atoms with Gasteiger partial charge in [0.05, 0.1) is 5.69 Å². The quantitative estimate of drug-likeness (QED) is 0.494. The van der Waals surface area contributed by atoms with Crippen molar-refractivity contribution in [1.82, 2.24) is 0 Å². The van der Waals surface area contributed by atoms with Crippen LogP contribution in [0.5, 0.6) is 11.5 Å². The lowest BCUT2D eigenvalue weighted by Gasteiger charge is -2.05. The molecule has 1 aromatic carbocycles. The molecule has 1 rings (SSSR count). The standard InChI is InChI=1S/C8H11NO2.2C2H6/c1-5-3-6(9-2)8(11)4-7(5)10;2*1-2/h3-4,9-11H,1-2H3;2*1-2H3. The van der Waals surface area contributed by atoms with Crippen molar-refractivity contribution in [3.63, 3.8) is 0 Å². The van der Waals surface area contributed by atoms with Crippen molar-refractivity contribution in [2.45, 2.75) is 34.6 Å². The molecule has 0 saturated carbocycles. The monoisotopic (exact) mass is 213 g/mol. The van der Waals surface area contributed by atoms with Crippen LogP contribution in [0.25, 0.3) is 0 Å². The molecule has 15 heavy (non-hydrogen) atoms. The Morgan fingerprint density at radius 2 is 1.40 bits per heavy atom. The van der Waals surface area contributed by atoms with Gasteiger partial charge in [-0.25, -0.2) is 0 Å². The molecule has 0 aromatic heterocycles. The first-order chi connectivity index (χ1) is 7.15. The number of rotatable bonds is 1. The lowest BCUT2D eigenvalue weighted by molar-refractivity contribution is 0.449. The topological polar surface area (TPSA) is 52.5 Å². The van der Waals surface area contributed by atoms with Gasteiger partial charge in [0.1, 0.15) is 11.5 Å². The van der Waals surface area contributed by atoms with E-state index in [2.05, 4.69) is 5.32 Å². The molecule has 0 amide bonds. The van der Waals surface area contributed by atoms with Gasteiger partial charge >= 0.3 is 0 Å². The second kappa shape index (κ2) is 9.19. The summed E-state index contributed by atoms with van der Waals surface area (Å²) in [6.45, 7) is 9.77. The highest BCUT2D eigenvalue weighted by atomic mass is 16.3. The molecule has 0 bridgehead atoms. The Kier molecular flexibility index (Phi) is 9.84. The highest BCUT2D eigenvalue weighted by Crippen LogP contribution is 2.30. The molecule has 1 aromatic rings. The summed E-state index contributed by atoms with van der Waals surface area (Å²) in [5.41, 5.74) is 1.37. The van der Waals surface area contributed by atoms with E-state index in [9.17, 15) is 5.11 Å². The van der Waals surface area contributed by atoms with E-state index in [1.54, 1.807) is 20.0 Å². The first kappa shape index (κ1) is 16.1. The van der Waals surface area contributed by atoms with E-state index in [1.807, 2.05) is 27.7 Å². The molecule has 0 spiro atoms. The Morgan fingerprint density at radius 1 is 0.933 bits per heavy atom. The first-order valence-electron chi connectivity index (χ1n) is 5.35. The maximum atomic E-state index is 9.19. The van der Waals surface area contributed by atoms with Crippen LogP contribution in [-0.2, 0) is 0 Å². The second-order valence-corrected chi connectivity index (χ2v) is 2.41. The molecule has 0 saturated heterocycles. The van der Waals surface area contributed by atoms with E-state index >= 15 is 0 Å². The zero-order valence-corrected chi connectivity index (χ0v) is 10.5. The lowest BCUT2D eigenvalue weighted by atomic mass is 10.2. The lowest BCUT2D eigenvalue weighted by Crippen LogP contribution is -1.89. The van der Waals surface area contributed by atoms with Gasteiger partial charge in [-0.3, -0.25) is 0 Å². The maximum absolute atomic E-state index is 9.19. The molecule has 0 unspecified atom stereocenters. The van der Waals surface area contributed by atoms with Crippen LogP contribution < -0.4 is 5.32 Å². The minimum atomic E-state index is 0.0654. The Morgan fingerprint density at radius 3 is 1.80 bits per heavy atom. The number of anilines is 1. The SMILES string of the molecule is CC.CC.CNc1cc(C)c(O)cc1O. The summed E-state index contributed by atoms with van der Waals surface area (Å²) >= 11 is 0. The fraction of sp³-hybridized carbons (Fsp3) is 0.500. The zero-order chi connectivity index (χ0) is 12.4. The van der Waals surface area contributed by atoms with Crippen molar-refractivity contribution < 1.29 is 10.2 Å². The molecule has 3 heteroatoms. The predicted molar refractivity (Wildman–Crippen MR) is 66.8 cm³/mol. The van der Waals surface area contributed by atoms with Gasteiger partial charge in [-0.1, -0.05) is 27.7 Å². The zero-order valence-electron chi connectivity index (χ0n) is 10.5. The van der Waals surface area contributed by atoms with Gasteiger partial charge in [0.25, 0.3) is 0 Å². The van der Waals surface area contributed by atoms with E-state index in [1.165, 1.54) is 6.07 Å². The molecule has 0 fully saturated rings. The van der Waals surface area contributed by atoms with E-state index in [-0.39, 0.29) is 11.5 Å². The Balaban J connectivity index is 0. The van der Waals surface area contributed by atoms with Gasteiger partial charge in [-0.15, -0.1) is 0 Å². The van der Waals surface area contributed by atoms with Crippen molar-refractivity contribution in [3.8, 4) is 11.5 Å². The number of hydrogen-bond donors (Lipinski definition) is 3. The van der Waals surface area contributed by atoms with Crippen LogP contribution in [0, 0.1) is 6.92 Å². The van der Waals surface area contributed by atoms with Crippen molar-refractivity contribution in [2.75, 3.05) is 12.4 Å². The summed E-state index contributed by atoms with van der Waals surface area (Å²) in [4.78, 5) is 0. The van der Waals surface area contributed by atoms with Gasteiger partial charge in [0, 0.05) is 13.1 Å². The molecular weight excluding hydrogens is 190 g/mol. The van der Waals surface area contributed by atoms with Crippen LogP contribution in [-0.4, -0.2) is 17.3 Å². The van der Waals surface area contributed by atoms with Crippen LogP contribution in [0.2, 0.25) is 0 Å². The smallest absolute Gasteiger partial charge is 0.142 e. The van der Waals surface area contributed by atoms with Crippen LogP contribution in [0.3, 0.4) is 0 Å². The number of nitrogens with one attached hydrogen (secondary N) is 1. The highest BCUT2D eigenvalue weighted by molar-refractivity contribution is 5.60. The molecule has 0 radical (unpaired) electrons. The minimum Gasteiger partial charge on any atom is -0.508 e. The van der Waals surface area contributed by atoms with Crippen molar-refractivity contribution in [3.05, 3.63) is 17.7 Å². The van der Waals surface area contributed by atoms with E-state index in [0.717, 1.165) is 5.56 Å².